The molecule has 0 aliphatic heterocycles. The molecule has 0 bridgehead atoms. The van der Waals surface area contributed by atoms with Crippen LogP contribution in [0.5, 0.6) is 5.75 Å². The van der Waals surface area contributed by atoms with E-state index in [1.807, 2.05) is 0 Å². The molecule has 110 valence electrons. The van der Waals surface area contributed by atoms with E-state index >= 15 is 0 Å². The first-order chi connectivity index (χ1) is 9.95. The molecule has 0 spiro atoms. The monoisotopic (exact) mass is 352 g/mol. The third-order valence-electron chi connectivity index (χ3n) is 2.72. The SMILES string of the molecule is CC(Oc1ccc(F)cc1Br)C(=O)Nc1cccc(N)c1. The number of hydrogen-bond acceptors (Lipinski definition) is 3. The second kappa shape index (κ2) is 6.58. The fourth-order valence-corrected chi connectivity index (χ4v) is 2.12. The molecule has 0 aliphatic carbocycles. The lowest BCUT2D eigenvalue weighted by Gasteiger charge is -2.16. The first kappa shape index (κ1) is 15.3. The molecule has 2 aromatic carbocycles. The van der Waals surface area contributed by atoms with E-state index in [4.69, 9.17) is 10.5 Å². The average Bonchev–Trinajstić information content (AvgIpc) is 2.41. The number of halogens is 2. The van der Waals surface area contributed by atoms with Crippen LogP contribution in [0.25, 0.3) is 0 Å². The van der Waals surface area contributed by atoms with E-state index in [2.05, 4.69) is 21.2 Å². The van der Waals surface area contributed by atoms with Gasteiger partial charge in [-0.2, -0.15) is 0 Å². The molecule has 0 radical (unpaired) electrons. The van der Waals surface area contributed by atoms with E-state index in [9.17, 15) is 9.18 Å². The van der Waals surface area contributed by atoms with E-state index in [0.717, 1.165) is 0 Å². The first-order valence-corrected chi connectivity index (χ1v) is 7.03. The zero-order valence-corrected chi connectivity index (χ0v) is 12.9. The number of carbonyl (C=O) groups is 1. The van der Waals surface area contributed by atoms with Crippen LogP contribution in [-0.4, -0.2) is 12.0 Å². The summed E-state index contributed by atoms with van der Waals surface area (Å²) >= 11 is 3.19. The molecule has 6 heteroatoms. The summed E-state index contributed by atoms with van der Waals surface area (Å²) in [5, 5.41) is 2.70. The molecule has 0 fully saturated rings. The second-order valence-electron chi connectivity index (χ2n) is 4.45. The topological polar surface area (TPSA) is 64.3 Å². The zero-order valence-electron chi connectivity index (χ0n) is 11.3. The fraction of sp³-hybridized carbons (Fsp3) is 0.133. The lowest BCUT2D eigenvalue weighted by molar-refractivity contribution is -0.122. The Morgan fingerprint density at radius 3 is 2.76 bits per heavy atom. The highest BCUT2D eigenvalue weighted by Crippen LogP contribution is 2.26. The summed E-state index contributed by atoms with van der Waals surface area (Å²) in [5.41, 5.74) is 6.79. The summed E-state index contributed by atoms with van der Waals surface area (Å²) in [5.74, 6) is -0.311. The Balaban J connectivity index is 2.02. The van der Waals surface area contributed by atoms with Gasteiger partial charge in [-0.25, -0.2) is 4.39 Å². The van der Waals surface area contributed by atoms with Gasteiger partial charge in [-0.1, -0.05) is 6.07 Å². The Labute approximate surface area is 130 Å². The maximum Gasteiger partial charge on any atom is 0.265 e. The van der Waals surface area contributed by atoms with Crippen molar-refractivity contribution in [3.63, 3.8) is 0 Å². The Kier molecular flexibility index (Phi) is 4.80. The van der Waals surface area contributed by atoms with Gasteiger partial charge in [0.15, 0.2) is 6.10 Å². The van der Waals surface area contributed by atoms with E-state index in [1.54, 1.807) is 31.2 Å². The summed E-state index contributed by atoms with van der Waals surface area (Å²) in [6, 6.07) is 10.9. The summed E-state index contributed by atoms with van der Waals surface area (Å²) < 4.78 is 18.9. The van der Waals surface area contributed by atoms with Crippen LogP contribution in [0.15, 0.2) is 46.9 Å². The number of carbonyl (C=O) groups excluding carboxylic acids is 1. The van der Waals surface area contributed by atoms with Gasteiger partial charge in [0.05, 0.1) is 4.47 Å². The molecule has 4 nitrogen and oxygen atoms in total. The lowest BCUT2D eigenvalue weighted by atomic mass is 10.2. The summed E-state index contributed by atoms with van der Waals surface area (Å²) in [7, 11) is 0. The van der Waals surface area contributed by atoms with Crippen LogP contribution in [0, 0.1) is 5.82 Å². The van der Waals surface area contributed by atoms with Gasteiger partial charge in [-0.3, -0.25) is 4.79 Å². The minimum absolute atomic E-state index is 0.322. The number of benzene rings is 2. The third kappa shape index (κ3) is 4.19. The minimum Gasteiger partial charge on any atom is -0.480 e. The maximum absolute atomic E-state index is 13.0. The summed E-state index contributed by atoms with van der Waals surface area (Å²) in [6.07, 6.45) is -0.742. The molecule has 1 atom stereocenters. The first-order valence-electron chi connectivity index (χ1n) is 6.24. The highest BCUT2D eigenvalue weighted by Gasteiger charge is 2.16. The van der Waals surface area contributed by atoms with Crippen molar-refractivity contribution in [2.75, 3.05) is 11.1 Å². The third-order valence-corrected chi connectivity index (χ3v) is 3.34. The molecule has 0 aromatic heterocycles. The molecule has 1 unspecified atom stereocenters. The molecule has 3 N–H and O–H groups in total. The molecular formula is C15H14BrFN2O2. The highest BCUT2D eigenvalue weighted by atomic mass is 79.9. The van der Waals surface area contributed by atoms with Gasteiger partial charge in [-0.15, -0.1) is 0 Å². The van der Waals surface area contributed by atoms with Gasteiger partial charge < -0.3 is 15.8 Å². The molecule has 0 heterocycles. The Bertz CT molecular complexity index is 664. The van der Waals surface area contributed by atoms with Crippen molar-refractivity contribution in [1.82, 2.24) is 0 Å². The van der Waals surface area contributed by atoms with Crippen LogP contribution in [0.2, 0.25) is 0 Å². The van der Waals surface area contributed by atoms with Crippen LogP contribution in [0.4, 0.5) is 15.8 Å². The highest BCUT2D eigenvalue weighted by molar-refractivity contribution is 9.10. The van der Waals surface area contributed by atoms with Crippen molar-refractivity contribution in [3.05, 3.63) is 52.8 Å². The number of nitrogen functional groups attached to an aromatic ring is 1. The van der Waals surface area contributed by atoms with Gasteiger partial charge >= 0.3 is 0 Å². The van der Waals surface area contributed by atoms with Gasteiger partial charge in [0.2, 0.25) is 0 Å². The standard InChI is InChI=1S/C15H14BrFN2O2/c1-9(21-14-6-5-10(17)7-13(14)16)15(20)19-12-4-2-3-11(18)8-12/h2-9H,18H2,1H3,(H,19,20). The van der Waals surface area contributed by atoms with Crippen LogP contribution in [0.1, 0.15) is 6.92 Å². The van der Waals surface area contributed by atoms with E-state index in [1.165, 1.54) is 18.2 Å². The largest absolute Gasteiger partial charge is 0.480 e. The minimum atomic E-state index is -0.742. The smallest absolute Gasteiger partial charge is 0.265 e. The average molecular weight is 353 g/mol. The van der Waals surface area contributed by atoms with E-state index < -0.39 is 6.10 Å². The number of rotatable bonds is 4. The van der Waals surface area contributed by atoms with Crippen molar-refractivity contribution in [2.24, 2.45) is 0 Å². The van der Waals surface area contributed by atoms with Gasteiger partial charge in [-0.05, 0) is 59.3 Å². The molecule has 21 heavy (non-hydrogen) atoms. The quantitative estimate of drug-likeness (QED) is 0.826. The summed E-state index contributed by atoms with van der Waals surface area (Å²) in [6.45, 7) is 1.61. The summed E-state index contributed by atoms with van der Waals surface area (Å²) in [4.78, 5) is 12.0. The van der Waals surface area contributed by atoms with Crippen LogP contribution in [0.3, 0.4) is 0 Å². The molecule has 0 saturated heterocycles. The van der Waals surface area contributed by atoms with Crippen molar-refractivity contribution < 1.29 is 13.9 Å². The van der Waals surface area contributed by atoms with Crippen LogP contribution >= 0.6 is 15.9 Å². The molecule has 1 amide bonds. The Morgan fingerprint density at radius 2 is 2.10 bits per heavy atom. The van der Waals surface area contributed by atoms with Crippen LogP contribution < -0.4 is 15.8 Å². The van der Waals surface area contributed by atoms with E-state index in [-0.39, 0.29) is 11.7 Å². The normalized spacial score (nSPS) is 11.8. The number of nitrogens with two attached hydrogens (primary N) is 1. The number of ether oxygens (including phenoxy) is 1. The maximum atomic E-state index is 13.0. The predicted octanol–water partition coefficient (Wildman–Crippen LogP) is 3.58. The molecule has 0 aliphatic rings. The van der Waals surface area contributed by atoms with E-state index in [0.29, 0.717) is 21.6 Å². The number of hydrogen-bond donors (Lipinski definition) is 2. The zero-order chi connectivity index (χ0) is 15.4. The van der Waals surface area contributed by atoms with Gasteiger partial charge in [0.1, 0.15) is 11.6 Å². The Morgan fingerprint density at radius 1 is 1.33 bits per heavy atom. The van der Waals surface area contributed by atoms with Gasteiger partial charge in [0, 0.05) is 11.4 Å². The second-order valence-corrected chi connectivity index (χ2v) is 5.30. The lowest BCUT2D eigenvalue weighted by Crippen LogP contribution is -2.30. The van der Waals surface area contributed by atoms with Crippen molar-refractivity contribution in [3.8, 4) is 5.75 Å². The molecular weight excluding hydrogens is 339 g/mol. The number of amides is 1. The Hall–Kier alpha value is -2.08. The van der Waals surface area contributed by atoms with Gasteiger partial charge in [0.25, 0.3) is 5.91 Å². The van der Waals surface area contributed by atoms with Crippen molar-refractivity contribution >= 4 is 33.2 Å². The molecule has 0 saturated carbocycles. The molecule has 2 aromatic rings. The predicted molar refractivity (Wildman–Crippen MR) is 83.7 cm³/mol. The number of nitrogens with one attached hydrogen (secondary N) is 1. The van der Waals surface area contributed by atoms with Crippen molar-refractivity contribution in [1.29, 1.82) is 0 Å². The van der Waals surface area contributed by atoms with Crippen molar-refractivity contribution in [2.45, 2.75) is 13.0 Å². The van der Waals surface area contributed by atoms with Crippen LogP contribution in [-0.2, 0) is 4.79 Å². The fourth-order valence-electron chi connectivity index (χ4n) is 1.68. The molecule has 2 rings (SSSR count). The number of anilines is 2.